The van der Waals surface area contributed by atoms with Crippen LogP contribution >= 0.6 is 0 Å². The van der Waals surface area contributed by atoms with Crippen molar-refractivity contribution in [1.29, 1.82) is 0 Å². The first-order valence-corrected chi connectivity index (χ1v) is 3.74. The van der Waals surface area contributed by atoms with Crippen LogP contribution in [0.1, 0.15) is 33.1 Å². The molecule has 0 fully saturated rings. The highest BCUT2D eigenvalue weighted by atomic mass is 16.1. The van der Waals surface area contributed by atoms with Crippen molar-refractivity contribution in [1.82, 2.24) is 0 Å². The Kier molecular flexibility index (Phi) is 3.67. The van der Waals surface area contributed by atoms with Crippen LogP contribution in [0.15, 0.2) is 0 Å². The molecule has 2 N–H and O–H groups in total. The summed E-state index contributed by atoms with van der Waals surface area (Å²) < 4.78 is 0. The van der Waals surface area contributed by atoms with Crippen molar-refractivity contribution >= 4 is 5.91 Å². The van der Waals surface area contributed by atoms with Gasteiger partial charge in [-0.3, -0.25) is 4.79 Å². The Morgan fingerprint density at radius 2 is 2.18 bits per heavy atom. The number of hydrogen-bond acceptors (Lipinski definition) is 1. The summed E-state index contributed by atoms with van der Waals surface area (Å²) >= 11 is 0. The Hall–Kier alpha value is -0.970. The van der Waals surface area contributed by atoms with Gasteiger partial charge in [0.1, 0.15) is 0 Å². The second kappa shape index (κ2) is 4.02. The fourth-order valence-electron chi connectivity index (χ4n) is 0.756. The molecule has 2 heteroatoms. The number of amides is 1. The molecule has 0 bridgehead atoms. The molecule has 0 unspecified atom stereocenters. The van der Waals surface area contributed by atoms with Crippen LogP contribution in [0.5, 0.6) is 0 Å². The summed E-state index contributed by atoms with van der Waals surface area (Å²) in [6.07, 6.45) is 7.42. The standard InChI is InChI=1S/C9H15NO/c1-4-5-6-7-9(2,3)8(10)11/h1H,5-7H2,2-3H3,(H2,10,11). The molecule has 11 heavy (non-hydrogen) atoms. The summed E-state index contributed by atoms with van der Waals surface area (Å²) in [6.45, 7) is 3.68. The molecule has 0 aliphatic rings. The van der Waals surface area contributed by atoms with Gasteiger partial charge in [0.2, 0.25) is 5.91 Å². The average molecular weight is 153 g/mol. The predicted octanol–water partition coefficient (Wildman–Crippen LogP) is 1.30. The van der Waals surface area contributed by atoms with Gasteiger partial charge in [-0.05, 0) is 12.8 Å². The molecule has 0 radical (unpaired) electrons. The third kappa shape index (κ3) is 3.67. The second-order valence-corrected chi connectivity index (χ2v) is 3.31. The number of primary amides is 1. The van der Waals surface area contributed by atoms with Crippen LogP contribution in [0.3, 0.4) is 0 Å². The van der Waals surface area contributed by atoms with Crippen LogP contribution in [0.25, 0.3) is 0 Å². The van der Waals surface area contributed by atoms with Crippen LogP contribution in [0, 0.1) is 17.8 Å². The van der Waals surface area contributed by atoms with Gasteiger partial charge in [0.15, 0.2) is 0 Å². The van der Waals surface area contributed by atoms with E-state index in [0.717, 1.165) is 19.3 Å². The number of unbranched alkanes of at least 4 members (excludes halogenated alkanes) is 1. The maximum absolute atomic E-state index is 10.8. The fourth-order valence-corrected chi connectivity index (χ4v) is 0.756. The Labute approximate surface area is 68.2 Å². The minimum atomic E-state index is -0.406. The first-order chi connectivity index (χ1) is 5.00. The summed E-state index contributed by atoms with van der Waals surface area (Å²) in [5.41, 5.74) is 4.76. The fraction of sp³-hybridized carbons (Fsp3) is 0.667. The first-order valence-electron chi connectivity index (χ1n) is 3.74. The highest BCUT2D eigenvalue weighted by Crippen LogP contribution is 2.21. The van der Waals surface area contributed by atoms with Crippen molar-refractivity contribution in [2.24, 2.45) is 11.1 Å². The Balaban J connectivity index is 3.75. The zero-order valence-electron chi connectivity index (χ0n) is 7.18. The van der Waals surface area contributed by atoms with Crippen molar-refractivity contribution in [3.05, 3.63) is 0 Å². The lowest BCUT2D eigenvalue weighted by atomic mass is 9.87. The molecule has 0 aliphatic carbocycles. The predicted molar refractivity (Wildman–Crippen MR) is 45.7 cm³/mol. The lowest BCUT2D eigenvalue weighted by Gasteiger charge is -2.18. The van der Waals surface area contributed by atoms with Gasteiger partial charge in [0, 0.05) is 11.8 Å². The van der Waals surface area contributed by atoms with Crippen LogP contribution in [-0.2, 0) is 4.79 Å². The van der Waals surface area contributed by atoms with Gasteiger partial charge in [-0.25, -0.2) is 0 Å². The van der Waals surface area contributed by atoms with E-state index in [1.807, 2.05) is 13.8 Å². The zero-order chi connectivity index (χ0) is 8.91. The third-order valence-corrected chi connectivity index (χ3v) is 1.79. The molecule has 0 aromatic rings. The largest absolute Gasteiger partial charge is 0.369 e. The third-order valence-electron chi connectivity index (χ3n) is 1.79. The average Bonchev–Trinajstić information content (AvgIpc) is 1.88. The monoisotopic (exact) mass is 153 g/mol. The van der Waals surface area contributed by atoms with Gasteiger partial charge < -0.3 is 5.73 Å². The van der Waals surface area contributed by atoms with Gasteiger partial charge in [0.25, 0.3) is 0 Å². The number of terminal acetylenes is 1. The number of carbonyl (C=O) groups excluding carboxylic acids is 1. The molecule has 0 aromatic carbocycles. The van der Waals surface area contributed by atoms with Gasteiger partial charge in [-0.15, -0.1) is 12.3 Å². The van der Waals surface area contributed by atoms with Crippen LogP contribution < -0.4 is 5.73 Å². The normalized spacial score (nSPS) is 10.6. The van der Waals surface area contributed by atoms with E-state index in [1.54, 1.807) is 0 Å². The zero-order valence-corrected chi connectivity index (χ0v) is 7.18. The molecule has 0 atom stereocenters. The SMILES string of the molecule is C#CCCCC(C)(C)C(N)=O. The summed E-state index contributed by atoms with van der Waals surface area (Å²) in [5.74, 6) is 2.27. The van der Waals surface area contributed by atoms with Crippen LogP contribution in [0.4, 0.5) is 0 Å². The molecule has 0 rings (SSSR count). The number of nitrogens with two attached hydrogens (primary N) is 1. The van der Waals surface area contributed by atoms with E-state index in [9.17, 15) is 4.79 Å². The quantitative estimate of drug-likeness (QED) is 0.480. The molecule has 2 nitrogen and oxygen atoms in total. The molecule has 1 amide bonds. The summed E-state index contributed by atoms with van der Waals surface area (Å²) in [7, 11) is 0. The minimum Gasteiger partial charge on any atom is -0.369 e. The topological polar surface area (TPSA) is 43.1 Å². The number of rotatable bonds is 4. The molecular formula is C9H15NO. The van der Waals surface area contributed by atoms with Gasteiger partial charge >= 0.3 is 0 Å². The van der Waals surface area contributed by atoms with E-state index >= 15 is 0 Å². The van der Waals surface area contributed by atoms with Crippen LogP contribution in [-0.4, -0.2) is 5.91 Å². The summed E-state index contributed by atoms with van der Waals surface area (Å²) in [5, 5.41) is 0. The van der Waals surface area contributed by atoms with Crippen molar-refractivity contribution in [2.75, 3.05) is 0 Å². The Morgan fingerprint density at radius 1 is 1.64 bits per heavy atom. The second-order valence-electron chi connectivity index (χ2n) is 3.31. The number of hydrogen-bond donors (Lipinski definition) is 1. The lowest BCUT2D eigenvalue weighted by Crippen LogP contribution is -2.31. The molecule has 0 spiro atoms. The van der Waals surface area contributed by atoms with E-state index in [4.69, 9.17) is 12.2 Å². The van der Waals surface area contributed by atoms with Gasteiger partial charge in [0.05, 0.1) is 0 Å². The van der Waals surface area contributed by atoms with E-state index in [0.29, 0.717) is 0 Å². The van der Waals surface area contributed by atoms with E-state index in [1.165, 1.54) is 0 Å². The minimum absolute atomic E-state index is 0.255. The summed E-state index contributed by atoms with van der Waals surface area (Å²) in [4.78, 5) is 10.8. The molecule has 0 aliphatic heterocycles. The van der Waals surface area contributed by atoms with Gasteiger partial charge in [-0.2, -0.15) is 0 Å². The van der Waals surface area contributed by atoms with E-state index in [-0.39, 0.29) is 5.91 Å². The number of carbonyl (C=O) groups is 1. The van der Waals surface area contributed by atoms with Crippen molar-refractivity contribution < 1.29 is 4.79 Å². The van der Waals surface area contributed by atoms with Crippen LogP contribution in [0.2, 0.25) is 0 Å². The van der Waals surface area contributed by atoms with E-state index < -0.39 is 5.41 Å². The molecule has 0 saturated heterocycles. The van der Waals surface area contributed by atoms with Crippen molar-refractivity contribution in [3.8, 4) is 12.3 Å². The molecular weight excluding hydrogens is 138 g/mol. The Bertz CT molecular complexity index is 176. The maximum atomic E-state index is 10.8. The summed E-state index contributed by atoms with van der Waals surface area (Å²) in [6, 6.07) is 0. The smallest absolute Gasteiger partial charge is 0.223 e. The van der Waals surface area contributed by atoms with E-state index in [2.05, 4.69) is 5.92 Å². The lowest BCUT2D eigenvalue weighted by molar-refractivity contribution is -0.126. The van der Waals surface area contributed by atoms with Crippen molar-refractivity contribution in [2.45, 2.75) is 33.1 Å². The van der Waals surface area contributed by atoms with Crippen molar-refractivity contribution in [3.63, 3.8) is 0 Å². The molecule has 0 saturated carbocycles. The molecule has 0 aromatic heterocycles. The highest BCUT2D eigenvalue weighted by molar-refractivity contribution is 5.79. The maximum Gasteiger partial charge on any atom is 0.223 e. The molecule has 62 valence electrons. The molecule has 0 heterocycles. The van der Waals surface area contributed by atoms with Gasteiger partial charge in [-0.1, -0.05) is 13.8 Å². The highest BCUT2D eigenvalue weighted by Gasteiger charge is 2.23. The Morgan fingerprint density at radius 3 is 2.55 bits per heavy atom. The first kappa shape index (κ1) is 10.0.